The van der Waals surface area contributed by atoms with Crippen molar-refractivity contribution in [3.05, 3.63) is 36.0 Å². The molecule has 0 spiro atoms. The monoisotopic (exact) mass is 233 g/mol. The van der Waals surface area contributed by atoms with Crippen LogP contribution in [0, 0.1) is 0 Å². The summed E-state index contributed by atoms with van der Waals surface area (Å²) in [6.45, 7) is 0. The molecule has 57 valence electrons. The third-order valence-corrected chi connectivity index (χ3v) is 1.67. The minimum Gasteiger partial charge on any atom is -0.376 e. The van der Waals surface area contributed by atoms with E-state index in [-0.39, 0.29) is 32.7 Å². The SMILES string of the molecule is O=[C-]c1ccc2[nH]ccc2c1.[Y]. The molecule has 1 radical (unpaired) electrons. The molecule has 1 aromatic heterocycles. The summed E-state index contributed by atoms with van der Waals surface area (Å²) in [5.74, 6) is 0. The third kappa shape index (κ3) is 1.65. The van der Waals surface area contributed by atoms with Crippen molar-refractivity contribution in [3.8, 4) is 0 Å². The molecular weight excluding hydrogens is 227 g/mol. The van der Waals surface area contributed by atoms with E-state index in [4.69, 9.17) is 0 Å². The molecule has 2 aromatic rings. The number of benzene rings is 1. The standard InChI is InChI=1S/C9H6NO.Y/c11-6-7-1-2-9-8(5-7)3-4-10-9;/h1-5,10H;/q-1;. The van der Waals surface area contributed by atoms with Gasteiger partial charge in [-0.1, -0.05) is 11.5 Å². The summed E-state index contributed by atoms with van der Waals surface area (Å²) in [7, 11) is 0. The smallest absolute Gasteiger partial charge is 0.0627 e. The van der Waals surface area contributed by atoms with Crippen LogP contribution in [-0.4, -0.2) is 11.3 Å². The van der Waals surface area contributed by atoms with Crippen LogP contribution in [0.5, 0.6) is 0 Å². The molecular formula is C9H6NOY-. The zero-order valence-electron chi connectivity index (χ0n) is 6.37. The number of rotatable bonds is 1. The van der Waals surface area contributed by atoms with Gasteiger partial charge in [-0.2, -0.15) is 17.7 Å². The van der Waals surface area contributed by atoms with E-state index in [2.05, 4.69) is 4.98 Å². The zero-order valence-corrected chi connectivity index (χ0v) is 9.21. The molecule has 0 saturated heterocycles. The summed E-state index contributed by atoms with van der Waals surface area (Å²) in [5, 5.41) is 1.05. The van der Waals surface area contributed by atoms with Crippen LogP contribution in [0.4, 0.5) is 0 Å². The molecule has 0 amide bonds. The van der Waals surface area contributed by atoms with E-state index in [1.165, 1.54) is 0 Å². The fourth-order valence-corrected chi connectivity index (χ4v) is 1.12. The Balaban J connectivity index is 0.000000720. The zero-order chi connectivity index (χ0) is 7.68. The number of nitrogens with one attached hydrogen (secondary N) is 1. The van der Waals surface area contributed by atoms with E-state index in [1.54, 1.807) is 12.1 Å². The number of carbonyl (C=O) groups excluding carboxylic acids is 1. The van der Waals surface area contributed by atoms with Gasteiger partial charge in [0, 0.05) is 44.4 Å². The van der Waals surface area contributed by atoms with Crippen molar-refractivity contribution in [2.24, 2.45) is 0 Å². The molecule has 3 heteroatoms. The first-order valence-electron chi connectivity index (χ1n) is 3.35. The minimum atomic E-state index is 0. The van der Waals surface area contributed by atoms with Gasteiger partial charge in [0.1, 0.15) is 0 Å². The van der Waals surface area contributed by atoms with Crippen molar-refractivity contribution in [1.82, 2.24) is 4.98 Å². The number of aromatic nitrogens is 1. The summed E-state index contributed by atoms with van der Waals surface area (Å²) in [5.41, 5.74) is 1.64. The van der Waals surface area contributed by atoms with Crippen molar-refractivity contribution >= 4 is 17.2 Å². The average Bonchev–Trinajstić information content (AvgIpc) is 2.50. The molecule has 0 aliphatic heterocycles. The van der Waals surface area contributed by atoms with Gasteiger partial charge in [0.15, 0.2) is 0 Å². The number of hydrogen-bond donors (Lipinski definition) is 1. The summed E-state index contributed by atoms with van der Waals surface area (Å²) in [4.78, 5) is 13.3. The largest absolute Gasteiger partial charge is 0.376 e. The molecule has 1 aromatic carbocycles. The Kier molecular flexibility index (Phi) is 3.18. The summed E-state index contributed by atoms with van der Waals surface area (Å²) >= 11 is 0. The van der Waals surface area contributed by atoms with Crippen LogP contribution >= 0.6 is 0 Å². The van der Waals surface area contributed by atoms with Crippen LogP contribution in [0.2, 0.25) is 0 Å². The van der Waals surface area contributed by atoms with Crippen LogP contribution in [0.1, 0.15) is 5.56 Å². The molecule has 0 saturated carbocycles. The van der Waals surface area contributed by atoms with Crippen molar-refractivity contribution < 1.29 is 37.5 Å². The Hall–Kier alpha value is -0.466. The maximum Gasteiger partial charge on any atom is 0.0627 e. The third-order valence-electron chi connectivity index (χ3n) is 1.67. The molecule has 12 heavy (non-hydrogen) atoms. The van der Waals surface area contributed by atoms with E-state index < -0.39 is 0 Å². The van der Waals surface area contributed by atoms with Gasteiger partial charge < -0.3 is 9.78 Å². The first-order valence-corrected chi connectivity index (χ1v) is 3.35. The Bertz CT molecular complexity index is 394. The molecule has 0 unspecified atom stereocenters. The van der Waals surface area contributed by atoms with Crippen molar-refractivity contribution in [2.75, 3.05) is 0 Å². The molecule has 0 aliphatic carbocycles. The second-order valence-electron chi connectivity index (χ2n) is 2.38. The summed E-state index contributed by atoms with van der Waals surface area (Å²) in [6, 6.07) is 7.34. The average molecular weight is 233 g/mol. The Labute approximate surface area is 95.2 Å². The second kappa shape index (κ2) is 3.97. The van der Waals surface area contributed by atoms with Gasteiger partial charge in [0.25, 0.3) is 0 Å². The summed E-state index contributed by atoms with van der Waals surface area (Å²) in [6.07, 6.45) is 3.69. The molecule has 0 fully saturated rings. The molecule has 0 bridgehead atoms. The van der Waals surface area contributed by atoms with E-state index in [1.807, 2.05) is 24.6 Å². The fraction of sp³-hybridized carbons (Fsp3) is 0. The molecule has 2 nitrogen and oxygen atoms in total. The molecule has 1 heterocycles. The van der Waals surface area contributed by atoms with E-state index in [0.29, 0.717) is 5.56 Å². The van der Waals surface area contributed by atoms with Crippen molar-refractivity contribution in [2.45, 2.75) is 0 Å². The van der Waals surface area contributed by atoms with E-state index in [9.17, 15) is 4.79 Å². The second-order valence-corrected chi connectivity index (χ2v) is 2.38. The van der Waals surface area contributed by atoms with Crippen LogP contribution in [0.25, 0.3) is 10.9 Å². The Morgan fingerprint density at radius 1 is 1.25 bits per heavy atom. The van der Waals surface area contributed by atoms with E-state index in [0.717, 1.165) is 10.9 Å². The van der Waals surface area contributed by atoms with Gasteiger partial charge in [-0.25, -0.2) is 0 Å². The van der Waals surface area contributed by atoms with Gasteiger partial charge in [-0.05, 0) is 6.07 Å². The fourth-order valence-electron chi connectivity index (χ4n) is 1.12. The molecule has 2 rings (SSSR count). The van der Waals surface area contributed by atoms with Gasteiger partial charge in [-0.15, -0.1) is 0 Å². The number of H-pyrrole nitrogens is 1. The van der Waals surface area contributed by atoms with Crippen LogP contribution in [0.15, 0.2) is 30.5 Å². The number of fused-ring (bicyclic) bond motifs is 1. The molecule has 1 N–H and O–H groups in total. The Morgan fingerprint density at radius 3 is 2.83 bits per heavy atom. The first-order chi connectivity index (χ1) is 5.40. The van der Waals surface area contributed by atoms with Crippen LogP contribution < -0.4 is 0 Å². The normalized spacial score (nSPS) is 9.33. The topological polar surface area (TPSA) is 32.9 Å². The quantitative estimate of drug-likeness (QED) is 0.746. The maximum atomic E-state index is 10.2. The minimum absolute atomic E-state index is 0. The van der Waals surface area contributed by atoms with Crippen LogP contribution in [-0.2, 0) is 37.5 Å². The molecule has 0 aliphatic rings. The molecule has 0 atom stereocenters. The Morgan fingerprint density at radius 2 is 2.08 bits per heavy atom. The maximum absolute atomic E-state index is 10.2. The predicted molar refractivity (Wildman–Crippen MR) is 43.1 cm³/mol. The predicted octanol–water partition coefficient (Wildman–Crippen LogP) is 1.62. The number of aromatic amines is 1. The van der Waals surface area contributed by atoms with Gasteiger partial charge in [-0.3, -0.25) is 0 Å². The van der Waals surface area contributed by atoms with Gasteiger partial charge in [0.05, 0.1) is 6.29 Å². The van der Waals surface area contributed by atoms with Crippen molar-refractivity contribution in [3.63, 3.8) is 0 Å². The summed E-state index contributed by atoms with van der Waals surface area (Å²) < 4.78 is 0. The van der Waals surface area contributed by atoms with Crippen LogP contribution in [0.3, 0.4) is 0 Å². The van der Waals surface area contributed by atoms with Crippen molar-refractivity contribution in [1.29, 1.82) is 0 Å². The van der Waals surface area contributed by atoms with Gasteiger partial charge in [0.2, 0.25) is 0 Å². The van der Waals surface area contributed by atoms with E-state index >= 15 is 0 Å². The van der Waals surface area contributed by atoms with Gasteiger partial charge >= 0.3 is 0 Å². The first kappa shape index (κ1) is 9.62. The number of hydrogen-bond acceptors (Lipinski definition) is 1.